The van der Waals surface area contributed by atoms with E-state index in [1.54, 1.807) is 0 Å². The molecule has 0 saturated carbocycles. The van der Waals surface area contributed by atoms with Gasteiger partial charge >= 0.3 is 6.18 Å². The molecule has 0 amide bonds. The van der Waals surface area contributed by atoms with Gasteiger partial charge in [-0.1, -0.05) is 12.1 Å². The van der Waals surface area contributed by atoms with Crippen LogP contribution in [0.3, 0.4) is 0 Å². The first-order chi connectivity index (χ1) is 10.9. The summed E-state index contributed by atoms with van der Waals surface area (Å²) in [5.41, 5.74) is 1.09. The van der Waals surface area contributed by atoms with Crippen molar-refractivity contribution in [1.82, 2.24) is 10.6 Å². The Morgan fingerprint density at radius 2 is 1.96 bits per heavy atom. The number of guanidine groups is 1. The van der Waals surface area contributed by atoms with Crippen LogP contribution in [0.15, 0.2) is 29.3 Å². The Labute approximate surface area is 158 Å². The second kappa shape index (κ2) is 12.2. The number of nitrogens with one attached hydrogen (secondary N) is 2. The molecule has 1 rings (SSSR count). The molecular weight excluding hydrogens is 434 g/mol. The van der Waals surface area contributed by atoms with Gasteiger partial charge in [0.2, 0.25) is 0 Å². The van der Waals surface area contributed by atoms with Crippen molar-refractivity contribution in [3.8, 4) is 5.75 Å². The van der Waals surface area contributed by atoms with Crippen molar-refractivity contribution in [2.75, 3.05) is 26.2 Å². The summed E-state index contributed by atoms with van der Waals surface area (Å²) in [6.45, 7) is 5.29. The lowest BCUT2D eigenvalue weighted by Crippen LogP contribution is -2.38. The van der Waals surface area contributed by atoms with Crippen molar-refractivity contribution in [3.63, 3.8) is 0 Å². The second-order valence-corrected chi connectivity index (χ2v) is 4.88. The fraction of sp³-hybridized carbons (Fsp3) is 0.562. The van der Waals surface area contributed by atoms with Gasteiger partial charge in [0.25, 0.3) is 0 Å². The summed E-state index contributed by atoms with van der Waals surface area (Å²) in [5, 5.41) is 5.97. The highest BCUT2D eigenvalue weighted by Gasteiger charge is 2.26. The smallest absolute Gasteiger partial charge is 0.390 e. The minimum atomic E-state index is -4.18. The fourth-order valence-corrected chi connectivity index (χ4v) is 1.92. The molecular formula is C16H25F3IN3O. The number of benzene rings is 1. The maximum Gasteiger partial charge on any atom is 0.390 e. The van der Waals surface area contributed by atoms with Crippen molar-refractivity contribution in [2.24, 2.45) is 4.99 Å². The molecule has 138 valence electrons. The normalized spacial score (nSPS) is 11.6. The van der Waals surface area contributed by atoms with Crippen LogP contribution in [-0.2, 0) is 6.42 Å². The third-order valence-electron chi connectivity index (χ3n) is 2.92. The maximum absolute atomic E-state index is 12.1. The quantitative estimate of drug-likeness (QED) is 0.354. The molecule has 1 aromatic carbocycles. The van der Waals surface area contributed by atoms with Gasteiger partial charge in [-0.15, -0.1) is 24.0 Å². The Kier molecular flexibility index (Phi) is 11.6. The highest BCUT2D eigenvalue weighted by molar-refractivity contribution is 14.0. The SMILES string of the molecule is CCNC(=NCCC(F)(F)F)NCCc1cccc(OCC)c1.I. The van der Waals surface area contributed by atoms with Crippen LogP contribution in [0.5, 0.6) is 5.75 Å². The Morgan fingerprint density at radius 1 is 1.21 bits per heavy atom. The van der Waals surface area contributed by atoms with E-state index in [0.29, 0.717) is 25.7 Å². The van der Waals surface area contributed by atoms with E-state index in [1.807, 2.05) is 38.1 Å². The van der Waals surface area contributed by atoms with Gasteiger partial charge in [0.15, 0.2) is 5.96 Å². The Balaban J connectivity index is 0.00000529. The monoisotopic (exact) mass is 459 g/mol. The number of nitrogens with zero attached hydrogens (tertiary/aromatic N) is 1. The zero-order valence-corrected chi connectivity index (χ0v) is 16.3. The molecule has 0 saturated heterocycles. The van der Waals surface area contributed by atoms with Gasteiger partial charge < -0.3 is 15.4 Å². The molecule has 0 spiro atoms. The largest absolute Gasteiger partial charge is 0.494 e. The van der Waals surface area contributed by atoms with Crippen molar-refractivity contribution >= 4 is 29.9 Å². The topological polar surface area (TPSA) is 45.7 Å². The lowest BCUT2D eigenvalue weighted by Gasteiger charge is -2.12. The van der Waals surface area contributed by atoms with Crippen LogP contribution in [0.1, 0.15) is 25.8 Å². The number of hydrogen-bond donors (Lipinski definition) is 2. The predicted octanol–water partition coefficient (Wildman–Crippen LogP) is 3.75. The summed E-state index contributed by atoms with van der Waals surface area (Å²) in [6, 6.07) is 7.75. The first-order valence-corrected chi connectivity index (χ1v) is 7.75. The van der Waals surface area contributed by atoms with Crippen LogP contribution in [-0.4, -0.2) is 38.4 Å². The van der Waals surface area contributed by atoms with Crippen LogP contribution in [0, 0.1) is 0 Å². The molecule has 0 aliphatic carbocycles. The van der Waals surface area contributed by atoms with Crippen LogP contribution in [0.25, 0.3) is 0 Å². The summed E-state index contributed by atoms with van der Waals surface area (Å²) in [4.78, 5) is 3.93. The number of hydrogen-bond acceptors (Lipinski definition) is 2. The molecule has 0 radical (unpaired) electrons. The van der Waals surface area contributed by atoms with Crippen molar-refractivity contribution in [3.05, 3.63) is 29.8 Å². The molecule has 0 aromatic heterocycles. The van der Waals surface area contributed by atoms with E-state index in [4.69, 9.17) is 4.74 Å². The summed E-state index contributed by atoms with van der Waals surface area (Å²) in [6.07, 6.45) is -4.37. The summed E-state index contributed by atoms with van der Waals surface area (Å²) in [5.74, 6) is 1.22. The Morgan fingerprint density at radius 3 is 2.58 bits per heavy atom. The van der Waals surface area contributed by atoms with Gasteiger partial charge in [-0.05, 0) is 38.0 Å². The van der Waals surface area contributed by atoms with E-state index in [2.05, 4.69) is 15.6 Å². The molecule has 0 fully saturated rings. The van der Waals surface area contributed by atoms with Gasteiger partial charge in [0.05, 0.1) is 19.6 Å². The van der Waals surface area contributed by atoms with Gasteiger partial charge in [-0.3, -0.25) is 4.99 Å². The molecule has 0 aliphatic heterocycles. The standard InChI is InChI=1S/C16H24F3N3O.HI/c1-3-20-15(22-11-9-16(17,18)19)21-10-8-13-6-5-7-14(12-13)23-4-2;/h5-7,12H,3-4,8-11H2,1-2H3,(H2,20,21,22);1H. The fourth-order valence-electron chi connectivity index (χ4n) is 1.92. The predicted molar refractivity (Wildman–Crippen MR) is 101 cm³/mol. The third kappa shape index (κ3) is 10.6. The zero-order valence-electron chi connectivity index (χ0n) is 13.9. The van der Waals surface area contributed by atoms with Gasteiger partial charge in [0, 0.05) is 13.1 Å². The van der Waals surface area contributed by atoms with E-state index < -0.39 is 12.6 Å². The highest BCUT2D eigenvalue weighted by atomic mass is 127. The number of rotatable bonds is 8. The first-order valence-electron chi connectivity index (χ1n) is 7.75. The Hall–Kier alpha value is -1.19. The Bertz CT molecular complexity index is 496. The lowest BCUT2D eigenvalue weighted by atomic mass is 10.1. The van der Waals surface area contributed by atoms with E-state index in [-0.39, 0.29) is 30.5 Å². The van der Waals surface area contributed by atoms with Gasteiger partial charge in [-0.2, -0.15) is 13.2 Å². The molecule has 0 unspecified atom stereocenters. The third-order valence-corrected chi connectivity index (χ3v) is 2.92. The van der Waals surface area contributed by atoms with E-state index in [9.17, 15) is 13.2 Å². The van der Waals surface area contributed by atoms with Crippen molar-refractivity contribution < 1.29 is 17.9 Å². The summed E-state index contributed by atoms with van der Waals surface area (Å²) >= 11 is 0. The number of aliphatic imine (C=N–C) groups is 1. The van der Waals surface area contributed by atoms with Crippen molar-refractivity contribution in [2.45, 2.75) is 32.9 Å². The molecule has 1 aromatic rings. The summed E-state index contributed by atoms with van der Waals surface area (Å²) < 4.78 is 41.9. The minimum absolute atomic E-state index is 0. The van der Waals surface area contributed by atoms with Gasteiger partial charge in [-0.25, -0.2) is 0 Å². The molecule has 24 heavy (non-hydrogen) atoms. The van der Waals surface area contributed by atoms with Crippen LogP contribution in [0.2, 0.25) is 0 Å². The summed E-state index contributed by atoms with van der Waals surface area (Å²) in [7, 11) is 0. The minimum Gasteiger partial charge on any atom is -0.494 e. The van der Waals surface area contributed by atoms with E-state index >= 15 is 0 Å². The number of alkyl halides is 3. The molecule has 2 N–H and O–H groups in total. The van der Waals surface area contributed by atoms with Crippen LogP contribution in [0.4, 0.5) is 13.2 Å². The maximum atomic E-state index is 12.1. The zero-order chi connectivity index (χ0) is 17.1. The average Bonchev–Trinajstić information content (AvgIpc) is 2.47. The molecule has 0 heterocycles. The van der Waals surface area contributed by atoms with Crippen LogP contribution < -0.4 is 15.4 Å². The highest BCUT2D eigenvalue weighted by Crippen LogP contribution is 2.18. The molecule has 0 atom stereocenters. The van der Waals surface area contributed by atoms with E-state index in [0.717, 1.165) is 17.7 Å². The molecule has 0 aliphatic rings. The first kappa shape index (κ1) is 22.8. The molecule has 8 heteroatoms. The lowest BCUT2D eigenvalue weighted by molar-refractivity contribution is -0.132. The van der Waals surface area contributed by atoms with Gasteiger partial charge in [0.1, 0.15) is 5.75 Å². The van der Waals surface area contributed by atoms with Crippen LogP contribution >= 0.6 is 24.0 Å². The average molecular weight is 459 g/mol. The van der Waals surface area contributed by atoms with Crippen molar-refractivity contribution in [1.29, 1.82) is 0 Å². The van der Waals surface area contributed by atoms with E-state index in [1.165, 1.54) is 0 Å². The number of ether oxygens (including phenoxy) is 1. The number of halogens is 4. The second-order valence-electron chi connectivity index (χ2n) is 4.88. The molecule has 4 nitrogen and oxygen atoms in total. The molecule has 0 bridgehead atoms.